The van der Waals surface area contributed by atoms with Gasteiger partial charge in [-0.05, 0) is 17.7 Å². The minimum atomic E-state index is -1.13. The normalized spacial score (nSPS) is 10.3. The number of nitrogens with zero attached hydrogens (tertiary/aromatic N) is 1. The zero-order valence-electron chi connectivity index (χ0n) is 10.7. The second kappa shape index (κ2) is 5.79. The first-order chi connectivity index (χ1) is 9.47. The van der Waals surface area contributed by atoms with Gasteiger partial charge >= 0.3 is 5.97 Å². The van der Waals surface area contributed by atoms with Crippen LogP contribution in [-0.4, -0.2) is 28.9 Å². The molecule has 0 atom stereocenters. The van der Waals surface area contributed by atoms with Crippen molar-refractivity contribution >= 4 is 23.5 Å². The average Bonchev–Trinajstić information content (AvgIpc) is 2.87. The largest absolute Gasteiger partial charge is 0.478 e. The Hall–Kier alpha value is -2.27. The molecule has 1 aromatic heterocycles. The Morgan fingerprint density at radius 1 is 1.35 bits per heavy atom. The maximum Gasteiger partial charge on any atom is 0.338 e. The summed E-state index contributed by atoms with van der Waals surface area (Å²) in [7, 11) is 1.60. The molecule has 0 bridgehead atoms. The Morgan fingerprint density at radius 2 is 2.10 bits per heavy atom. The summed E-state index contributed by atoms with van der Waals surface area (Å²) in [6, 6.07) is 8.36. The van der Waals surface area contributed by atoms with E-state index in [1.807, 2.05) is 6.07 Å². The van der Waals surface area contributed by atoms with Gasteiger partial charge in [-0.25, -0.2) is 4.79 Å². The fraction of sp³-hybridized carbons (Fsp3) is 0.143. The predicted octanol–water partition coefficient (Wildman–Crippen LogP) is 2.90. The summed E-state index contributed by atoms with van der Waals surface area (Å²) in [6.45, 7) is 0.350. The van der Waals surface area contributed by atoms with Crippen LogP contribution in [0.25, 0.3) is 0 Å². The lowest BCUT2D eigenvalue weighted by Crippen LogP contribution is -2.25. The third kappa shape index (κ3) is 3.19. The minimum Gasteiger partial charge on any atom is -0.478 e. The van der Waals surface area contributed by atoms with Gasteiger partial charge in [-0.1, -0.05) is 23.7 Å². The van der Waals surface area contributed by atoms with Crippen LogP contribution >= 0.6 is 11.6 Å². The number of hydrogen-bond donors (Lipinski definition) is 1. The highest BCUT2D eigenvalue weighted by atomic mass is 35.5. The van der Waals surface area contributed by atoms with Gasteiger partial charge in [-0.15, -0.1) is 0 Å². The molecule has 2 rings (SSSR count). The van der Waals surface area contributed by atoms with Gasteiger partial charge in [0.05, 0.1) is 5.56 Å². The van der Waals surface area contributed by atoms with Gasteiger partial charge in [0.1, 0.15) is 6.26 Å². The predicted molar refractivity (Wildman–Crippen MR) is 72.9 cm³/mol. The van der Waals surface area contributed by atoms with Crippen LogP contribution in [0.4, 0.5) is 0 Å². The number of carboxylic acid groups (broad SMARTS) is 1. The molecule has 0 fully saturated rings. The Kier molecular flexibility index (Phi) is 4.10. The van der Waals surface area contributed by atoms with Gasteiger partial charge in [-0.3, -0.25) is 4.79 Å². The van der Waals surface area contributed by atoms with E-state index in [-0.39, 0.29) is 11.3 Å². The van der Waals surface area contributed by atoms with E-state index in [0.717, 1.165) is 11.8 Å². The van der Waals surface area contributed by atoms with Gasteiger partial charge < -0.3 is 14.4 Å². The van der Waals surface area contributed by atoms with E-state index in [2.05, 4.69) is 0 Å². The van der Waals surface area contributed by atoms with Crippen molar-refractivity contribution in [3.63, 3.8) is 0 Å². The molecule has 0 saturated heterocycles. The highest BCUT2D eigenvalue weighted by Crippen LogP contribution is 2.15. The Labute approximate surface area is 120 Å². The zero-order chi connectivity index (χ0) is 14.7. The molecule has 1 aromatic carbocycles. The quantitative estimate of drug-likeness (QED) is 0.941. The number of carbonyl (C=O) groups is 2. The van der Waals surface area contributed by atoms with Crippen LogP contribution in [0.5, 0.6) is 0 Å². The Morgan fingerprint density at radius 3 is 2.70 bits per heavy atom. The standard InChI is InChI=1S/C14H12ClNO4/c1-16(7-9-3-2-4-11(15)5-9)13(17)12-6-10(8-20-12)14(18)19/h2-6,8H,7H2,1H3,(H,18,19). The molecule has 0 unspecified atom stereocenters. The van der Waals surface area contributed by atoms with Crippen molar-refractivity contribution in [2.24, 2.45) is 0 Å². The van der Waals surface area contributed by atoms with Crippen LogP contribution in [0, 0.1) is 0 Å². The highest BCUT2D eigenvalue weighted by Gasteiger charge is 2.18. The Balaban J connectivity index is 2.10. The van der Waals surface area contributed by atoms with E-state index in [9.17, 15) is 9.59 Å². The Bertz CT molecular complexity index is 650. The van der Waals surface area contributed by atoms with E-state index in [1.54, 1.807) is 25.2 Å². The van der Waals surface area contributed by atoms with Crippen LogP contribution in [0.2, 0.25) is 5.02 Å². The van der Waals surface area contributed by atoms with E-state index in [1.165, 1.54) is 11.0 Å². The lowest BCUT2D eigenvalue weighted by Gasteiger charge is -2.15. The first kappa shape index (κ1) is 14.1. The molecule has 20 heavy (non-hydrogen) atoms. The molecule has 1 heterocycles. The number of benzene rings is 1. The van der Waals surface area contributed by atoms with E-state index in [4.69, 9.17) is 21.1 Å². The molecule has 0 radical (unpaired) electrons. The number of furan rings is 1. The number of hydrogen-bond acceptors (Lipinski definition) is 3. The highest BCUT2D eigenvalue weighted by molar-refractivity contribution is 6.30. The summed E-state index contributed by atoms with van der Waals surface area (Å²) in [4.78, 5) is 24.2. The minimum absolute atomic E-state index is 0.00747. The third-order valence-corrected chi connectivity index (χ3v) is 2.95. The van der Waals surface area contributed by atoms with Crippen LogP contribution in [-0.2, 0) is 6.54 Å². The number of aromatic carboxylic acids is 1. The van der Waals surface area contributed by atoms with Crippen molar-refractivity contribution in [2.75, 3.05) is 7.05 Å². The molecule has 1 N–H and O–H groups in total. The second-order valence-electron chi connectivity index (χ2n) is 4.30. The third-order valence-electron chi connectivity index (χ3n) is 2.71. The maximum absolute atomic E-state index is 12.1. The summed E-state index contributed by atoms with van der Waals surface area (Å²) >= 11 is 5.88. The van der Waals surface area contributed by atoms with Crippen molar-refractivity contribution in [1.29, 1.82) is 0 Å². The molecule has 0 aliphatic rings. The maximum atomic E-state index is 12.1. The first-order valence-electron chi connectivity index (χ1n) is 5.79. The summed E-state index contributed by atoms with van der Waals surface area (Å²) in [5.74, 6) is -1.53. The molecule has 5 nitrogen and oxygen atoms in total. The summed E-state index contributed by atoms with van der Waals surface area (Å²) < 4.78 is 4.97. The fourth-order valence-corrected chi connectivity index (χ4v) is 1.94. The molecule has 0 aliphatic carbocycles. The van der Waals surface area contributed by atoms with E-state index < -0.39 is 11.9 Å². The van der Waals surface area contributed by atoms with Crippen molar-refractivity contribution < 1.29 is 19.1 Å². The molecule has 0 spiro atoms. The summed E-state index contributed by atoms with van der Waals surface area (Å²) in [5.41, 5.74) is 0.822. The van der Waals surface area contributed by atoms with Crippen LogP contribution in [0.1, 0.15) is 26.5 Å². The molecule has 0 aliphatic heterocycles. The molecule has 1 amide bonds. The number of carboxylic acids is 1. The number of carbonyl (C=O) groups excluding carboxylic acids is 1. The van der Waals surface area contributed by atoms with Crippen LogP contribution in [0.3, 0.4) is 0 Å². The van der Waals surface area contributed by atoms with Gasteiger partial charge in [0, 0.05) is 24.7 Å². The van der Waals surface area contributed by atoms with E-state index in [0.29, 0.717) is 11.6 Å². The number of rotatable bonds is 4. The second-order valence-corrected chi connectivity index (χ2v) is 4.73. The first-order valence-corrected chi connectivity index (χ1v) is 6.17. The molecule has 104 valence electrons. The topological polar surface area (TPSA) is 70.8 Å². The smallest absolute Gasteiger partial charge is 0.338 e. The van der Waals surface area contributed by atoms with Gasteiger partial charge in [-0.2, -0.15) is 0 Å². The molecule has 0 saturated carbocycles. The number of amides is 1. The van der Waals surface area contributed by atoms with Gasteiger partial charge in [0.25, 0.3) is 5.91 Å². The molecule has 6 heteroatoms. The van der Waals surface area contributed by atoms with Crippen LogP contribution < -0.4 is 0 Å². The molecular formula is C14H12ClNO4. The van der Waals surface area contributed by atoms with Gasteiger partial charge in [0.2, 0.25) is 0 Å². The lowest BCUT2D eigenvalue weighted by molar-refractivity contribution is 0.0695. The number of halogens is 1. The molecule has 2 aromatic rings. The monoisotopic (exact) mass is 293 g/mol. The fourth-order valence-electron chi connectivity index (χ4n) is 1.73. The summed E-state index contributed by atoms with van der Waals surface area (Å²) in [6.07, 6.45) is 1.04. The van der Waals surface area contributed by atoms with Crippen LogP contribution in [0.15, 0.2) is 41.0 Å². The lowest BCUT2D eigenvalue weighted by atomic mass is 10.2. The zero-order valence-corrected chi connectivity index (χ0v) is 11.4. The van der Waals surface area contributed by atoms with Crippen molar-refractivity contribution in [1.82, 2.24) is 4.90 Å². The SMILES string of the molecule is CN(Cc1cccc(Cl)c1)C(=O)c1cc(C(=O)O)co1. The van der Waals surface area contributed by atoms with Crippen molar-refractivity contribution in [3.05, 3.63) is 58.5 Å². The summed E-state index contributed by atoms with van der Waals surface area (Å²) in [5, 5.41) is 9.38. The molecular weight excluding hydrogens is 282 g/mol. The van der Waals surface area contributed by atoms with E-state index >= 15 is 0 Å². The van der Waals surface area contributed by atoms with Crippen molar-refractivity contribution in [3.8, 4) is 0 Å². The average molecular weight is 294 g/mol. The van der Waals surface area contributed by atoms with Gasteiger partial charge in [0.15, 0.2) is 5.76 Å². The van der Waals surface area contributed by atoms with Crippen molar-refractivity contribution in [2.45, 2.75) is 6.54 Å².